The van der Waals surface area contributed by atoms with Gasteiger partial charge in [0.25, 0.3) is 5.56 Å². The van der Waals surface area contributed by atoms with Gasteiger partial charge in [0.05, 0.1) is 11.2 Å². The maximum atomic E-state index is 13.5. The van der Waals surface area contributed by atoms with Gasteiger partial charge in [-0.05, 0) is 18.9 Å². The quantitative estimate of drug-likeness (QED) is 0.486. The number of nitrogens with zero attached hydrogens (tertiary/aromatic N) is 4. The van der Waals surface area contributed by atoms with Crippen molar-refractivity contribution >= 4 is 27.7 Å². The van der Waals surface area contributed by atoms with E-state index in [0.29, 0.717) is 43.0 Å². The molecule has 0 saturated carbocycles. The molecule has 4 aromatic rings. The van der Waals surface area contributed by atoms with Crippen LogP contribution in [0.5, 0.6) is 0 Å². The average molecular weight is 420 g/mol. The Bertz CT molecular complexity index is 1390. The zero-order valence-electron chi connectivity index (χ0n) is 16.7. The van der Waals surface area contributed by atoms with Crippen molar-refractivity contribution in [1.82, 2.24) is 9.55 Å². The summed E-state index contributed by atoms with van der Waals surface area (Å²) in [4.78, 5) is 19.1. The smallest absolute Gasteiger partial charge is 0.270 e. The van der Waals surface area contributed by atoms with Gasteiger partial charge in [0.2, 0.25) is 0 Å². The average Bonchev–Trinajstić information content (AvgIpc) is 3.19. The van der Waals surface area contributed by atoms with Crippen LogP contribution in [-0.4, -0.2) is 22.6 Å². The number of piperidine rings is 1. The molecule has 0 atom stereocenters. The lowest BCUT2D eigenvalue weighted by Gasteiger charge is -2.33. The molecule has 0 bridgehead atoms. The van der Waals surface area contributed by atoms with Crippen LogP contribution >= 0.6 is 0 Å². The van der Waals surface area contributed by atoms with Gasteiger partial charge in [-0.1, -0.05) is 18.2 Å². The molecule has 3 heterocycles. The molecular weight excluding hydrogens is 402 g/mol. The van der Waals surface area contributed by atoms with Crippen molar-refractivity contribution in [2.24, 2.45) is 7.05 Å². The molecular formula is C23H18F2N4O2. The van der Waals surface area contributed by atoms with E-state index in [2.05, 4.69) is 16.0 Å². The number of oxazole rings is 1. The van der Waals surface area contributed by atoms with Crippen LogP contribution in [-0.2, 0) is 7.05 Å². The van der Waals surface area contributed by atoms with Crippen LogP contribution in [0.4, 0.5) is 14.5 Å². The number of hydrogen-bond donors (Lipinski definition) is 0. The Labute approximate surface area is 175 Å². The first-order valence-electron chi connectivity index (χ1n) is 10.00. The Morgan fingerprint density at radius 3 is 2.61 bits per heavy atom. The molecule has 0 radical (unpaired) electrons. The van der Waals surface area contributed by atoms with E-state index in [-0.39, 0.29) is 22.6 Å². The molecule has 2 aromatic carbocycles. The molecule has 6 nitrogen and oxygen atoms in total. The largest absolute Gasteiger partial charge is 0.440 e. The Balaban J connectivity index is 1.48. The second-order valence-electron chi connectivity index (χ2n) is 7.76. The van der Waals surface area contributed by atoms with Crippen molar-refractivity contribution in [3.8, 4) is 6.07 Å². The fraction of sp³-hybridized carbons (Fsp3) is 0.261. The number of para-hydroxylation sites is 1. The maximum Gasteiger partial charge on any atom is 0.270 e. The second kappa shape index (κ2) is 7.20. The third-order valence-electron chi connectivity index (χ3n) is 6.00. The standard InChI is InChI=1S/C23H18F2N4O2/c1-28-19-5-3-2-4-14(19)21(15(12-26)23(28)30)29-8-6-13(7-9-29)22-27-18-10-16(24)17(25)11-20(18)31-22/h2-5,10-11,13H,6-9H2,1H3. The third-order valence-corrected chi connectivity index (χ3v) is 6.00. The molecule has 5 rings (SSSR count). The summed E-state index contributed by atoms with van der Waals surface area (Å²) in [5, 5.41) is 10.5. The van der Waals surface area contributed by atoms with Gasteiger partial charge in [0, 0.05) is 43.6 Å². The normalized spacial score (nSPS) is 15.0. The van der Waals surface area contributed by atoms with Gasteiger partial charge in [0.1, 0.15) is 17.1 Å². The molecule has 1 fully saturated rings. The molecule has 0 unspecified atom stereocenters. The SMILES string of the molecule is Cn1c(=O)c(C#N)c(N2CCC(c3nc4cc(F)c(F)cc4o3)CC2)c2ccccc21. The molecule has 2 aromatic heterocycles. The number of aryl methyl sites for hydroxylation is 1. The maximum absolute atomic E-state index is 13.5. The molecule has 0 amide bonds. The van der Waals surface area contributed by atoms with Gasteiger partial charge >= 0.3 is 0 Å². The van der Waals surface area contributed by atoms with E-state index in [9.17, 15) is 18.8 Å². The van der Waals surface area contributed by atoms with Crippen molar-refractivity contribution in [1.29, 1.82) is 5.26 Å². The highest BCUT2D eigenvalue weighted by atomic mass is 19.2. The van der Waals surface area contributed by atoms with E-state index in [1.807, 2.05) is 24.3 Å². The van der Waals surface area contributed by atoms with Crippen LogP contribution in [0.2, 0.25) is 0 Å². The molecule has 31 heavy (non-hydrogen) atoms. The van der Waals surface area contributed by atoms with Gasteiger partial charge in [0.15, 0.2) is 23.1 Å². The summed E-state index contributed by atoms with van der Waals surface area (Å²) in [7, 11) is 1.67. The molecule has 1 aliphatic rings. The predicted molar refractivity (Wildman–Crippen MR) is 112 cm³/mol. The first-order valence-corrected chi connectivity index (χ1v) is 10.00. The highest BCUT2D eigenvalue weighted by molar-refractivity contribution is 5.95. The minimum atomic E-state index is -0.966. The Morgan fingerprint density at radius 2 is 1.87 bits per heavy atom. The lowest BCUT2D eigenvalue weighted by Crippen LogP contribution is -2.35. The number of rotatable bonds is 2. The van der Waals surface area contributed by atoms with E-state index >= 15 is 0 Å². The van der Waals surface area contributed by atoms with Crippen LogP contribution in [0, 0.1) is 23.0 Å². The lowest BCUT2D eigenvalue weighted by atomic mass is 9.95. The van der Waals surface area contributed by atoms with E-state index in [0.717, 1.165) is 23.0 Å². The summed E-state index contributed by atoms with van der Waals surface area (Å²) in [6.45, 7) is 1.19. The molecule has 156 valence electrons. The van der Waals surface area contributed by atoms with Gasteiger partial charge in [-0.15, -0.1) is 0 Å². The number of benzene rings is 2. The van der Waals surface area contributed by atoms with Gasteiger partial charge in [-0.2, -0.15) is 5.26 Å². The lowest BCUT2D eigenvalue weighted by molar-refractivity contribution is 0.407. The number of hydrogen-bond acceptors (Lipinski definition) is 5. The fourth-order valence-corrected chi connectivity index (χ4v) is 4.37. The van der Waals surface area contributed by atoms with Gasteiger partial charge in [-0.25, -0.2) is 13.8 Å². The highest BCUT2D eigenvalue weighted by Crippen LogP contribution is 2.35. The third kappa shape index (κ3) is 3.05. The zero-order valence-corrected chi connectivity index (χ0v) is 16.7. The molecule has 0 aliphatic carbocycles. The first-order chi connectivity index (χ1) is 15.0. The van der Waals surface area contributed by atoms with Crippen molar-refractivity contribution in [2.45, 2.75) is 18.8 Å². The van der Waals surface area contributed by atoms with E-state index in [1.165, 1.54) is 4.57 Å². The minimum absolute atomic E-state index is 0.0156. The summed E-state index contributed by atoms with van der Waals surface area (Å²) in [6.07, 6.45) is 1.35. The van der Waals surface area contributed by atoms with Crippen LogP contribution < -0.4 is 10.5 Å². The summed E-state index contributed by atoms with van der Waals surface area (Å²) >= 11 is 0. The molecule has 0 N–H and O–H groups in total. The molecule has 8 heteroatoms. The summed E-state index contributed by atoms with van der Waals surface area (Å²) < 4.78 is 34.2. The van der Waals surface area contributed by atoms with E-state index in [1.54, 1.807) is 7.05 Å². The van der Waals surface area contributed by atoms with Crippen LogP contribution in [0.25, 0.3) is 22.0 Å². The fourth-order valence-electron chi connectivity index (χ4n) is 4.37. The number of pyridine rings is 1. The number of halogens is 2. The number of fused-ring (bicyclic) bond motifs is 2. The highest BCUT2D eigenvalue weighted by Gasteiger charge is 2.28. The summed E-state index contributed by atoms with van der Waals surface area (Å²) in [5.74, 6) is -1.48. The monoisotopic (exact) mass is 420 g/mol. The van der Waals surface area contributed by atoms with E-state index < -0.39 is 11.6 Å². The topological polar surface area (TPSA) is 75.1 Å². The summed E-state index contributed by atoms with van der Waals surface area (Å²) in [6, 6.07) is 11.7. The van der Waals surface area contributed by atoms with Crippen LogP contribution in [0.1, 0.15) is 30.2 Å². The molecule has 1 saturated heterocycles. The van der Waals surface area contributed by atoms with Crippen molar-refractivity contribution < 1.29 is 13.2 Å². The molecule has 1 aliphatic heterocycles. The van der Waals surface area contributed by atoms with Crippen LogP contribution in [0.15, 0.2) is 45.6 Å². The van der Waals surface area contributed by atoms with Gasteiger partial charge in [-0.3, -0.25) is 4.79 Å². The Kier molecular flexibility index (Phi) is 4.47. The first kappa shape index (κ1) is 19.2. The number of aromatic nitrogens is 2. The zero-order chi connectivity index (χ0) is 21.7. The van der Waals surface area contributed by atoms with Crippen molar-refractivity contribution in [3.05, 3.63) is 69.8 Å². The van der Waals surface area contributed by atoms with Crippen molar-refractivity contribution in [2.75, 3.05) is 18.0 Å². The van der Waals surface area contributed by atoms with Gasteiger partial charge < -0.3 is 13.9 Å². The predicted octanol–water partition coefficient (Wildman–Crippen LogP) is 4.21. The van der Waals surface area contributed by atoms with Crippen molar-refractivity contribution in [3.63, 3.8) is 0 Å². The Morgan fingerprint density at radius 1 is 1.16 bits per heavy atom. The van der Waals surface area contributed by atoms with E-state index in [4.69, 9.17) is 4.42 Å². The van der Waals surface area contributed by atoms with Crippen LogP contribution in [0.3, 0.4) is 0 Å². The number of nitriles is 1. The molecule has 0 spiro atoms. The number of anilines is 1. The second-order valence-corrected chi connectivity index (χ2v) is 7.76. The summed E-state index contributed by atoms with van der Waals surface area (Å²) in [5.41, 5.74) is 1.75. The minimum Gasteiger partial charge on any atom is -0.440 e. The Hall–Kier alpha value is -3.73.